The second-order valence-electron chi connectivity index (χ2n) is 8.17. The molecule has 0 spiro atoms. The number of aryl methyl sites for hydroxylation is 2. The summed E-state index contributed by atoms with van der Waals surface area (Å²) in [5, 5.41) is 9.37. The number of aliphatic carboxylic acids is 1. The lowest BCUT2D eigenvalue weighted by atomic mass is 9.90. The summed E-state index contributed by atoms with van der Waals surface area (Å²) in [6.07, 6.45) is 6.97. The molecule has 1 aromatic carbocycles. The Morgan fingerprint density at radius 2 is 1.74 bits per heavy atom. The molecule has 148 valence electrons. The van der Waals surface area contributed by atoms with Crippen molar-refractivity contribution in [3.8, 4) is 0 Å². The Morgan fingerprint density at radius 3 is 2.41 bits per heavy atom. The van der Waals surface area contributed by atoms with Gasteiger partial charge in [-0.3, -0.25) is 14.5 Å². The standard InChI is InChI=1S/C22H32N2O3/c1-17-5-7-18(8-6-17)9-10-19-11-14-23(15-12-19)21(25)16-24-13-3-2-4-20(24)22(26)27/h5-8,19-20H,2-4,9-16H2,1H3,(H,26,27). The van der Waals surface area contributed by atoms with Crippen molar-refractivity contribution >= 4 is 11.9 Å². The number of carboxylic acid groups (broad SMARTS) is 1. The molecule has 1 amide bonds. The fourth-order valence-corrected chi connectivity index (χ4v) is 4.33. The molecular weight excluding hydrogens is 340 g/mol. The van der Waals surface area contributed by atoms with Crippen LogP contribution in [0.1, 0.15) is 49.7 Å². The summed E-state index contributed by atoms with van der Waals surface area (Å²) in [7, 11) is 0. The molecule has 5 nitrogen and oxygen atoms in total. The van der Waals surface area contributed by atoms with E-state index in [0.717, 1.165) is 51.7 Å². The molecule has 2 heterocycles. The highest BCUT2D eigenvalue weighted by atomic mass is 16.4. The van der Waals surface area contributed by atoms with Crippen LogP contribution in [0.4, 0.5) is 0 Å². The molecule has 1 aromatic rings. The van der Waals surface area contributed by atoms with Gasteiger partial charge in [0.05, 0.1) is 6.54 Å². The molecule has 0 bridgehead atoms. The Bertz CT molecular complexity index is 635. The Kier molecular flexibility index (Phi) is 6.89. The fourth-order valence-electron chi connectivity index (χ4n) is 4.33. The zero-order chi connectivity index (χ0) is 19.2. The number of carbonyl (C=O) groups excluding carboxylic acids is 1. The maximum atomic E-state index is 12.6. The monoisotopic (exact) mass is 372 g/mol. The van der Waals surface area contributed by atoms with E-state index in [1.165, 1.54) is 17.5 Å². The van der Waals surface area contributed by atoms with Crippen LogP contribution in [-0.2, 0) is 16.0 Å². The van der Waals surface area contributed by atoms with Crippen molar-refractivity contribution in [2.75, 3.05) is 26.2 Å². The fraction of sp³-hybridized carbons (Fsp3) is 0.636. The van der Waals surface area contributed by atoms with Gasteiger partial charge in [0.15, 0.2) is 0 Å². The van der Waals surface area contributed by atoms with Crippen molar-refractivity contribution < 1.29 is 14.7 Å². The molecule has 27 heavy (non-hydrogen) atoms. The van der Waals surface area contributed by atoms with E-state index in [1.807, 2.05) is 9.80 Å². The smallest absolute Gasteiger partial charge is 0.320 e. The first-order valence-corrected chi connectivity index (χ1v) is 10.3. The van der Waals surface area contributed by atoms with Gasteiger partial charge in [0, 0.05) is 13.1 Å². The van der Waals surface area contributed by atoms with Crippen molar-refractivity contribution in [2.45, 2.75) is 57.9 Å². The topological polar surface area (TPSA) is 60.9 Å². The number of hydrogen-bond donors (Lipinski definition) is 1. The lowest BCUT2D eigenvalue weighted by Gasteiger charge is -2.36. The Morgan fingerprint density at radius 1 is 1.04 bits per heavy atom. The number of benzene rings is 1. The Labute approximate surface area is 162 Å². The largest absolute Gasteiger partial charge is 0.480 e. The summed E-state index contributed by atoms with van der Waals surface area (Å²) < 4.78 is 0. The highest BCUT2D eigenvalue weighted by Crippen LogP contribution is 2.23. The zero-order valence-electron chi connectivity index (χ0n) is 16.4. The van der Waals surface area contributed by atoms with Gasteiger partial charge in [-0.1, -0.05) is 36.2 Å². The minimum Gasteiger partial charge on any atom is -0.480 e. The maximum absolute atomic E-state index is 12.6. The van der Waals surface area contributed by atoms with Crippen molar-refractivity contribution in [3.63, 3.8) is 0 Å². The average Bonchev–Trinajstić information content (AvgIpc) is 2.68. The molecule has 2 aliphatic heterocycles. The van der Waals surface area contributed by atoms with Crippen LogP contribution in [0, 0.1) is 12.8 Å². The highest BCUT2D eigenvalue weighted by molar-refractivity contribution is 5.80. The van der Waals surface area contributed by atoms with E-state index in [2.05, 4.69) is 31.2 Å². The van der Waals surface area contributed by atoms with Crippen LogP contribution >= 0.6 is 0 Å². The number of likely N-dealkylation sites (tertiary alicyclic amines) is 2. The summed E-state index contributed by atoms with van der Waals surface area (Å²) in [5.74, 6) is -0.0189. The van der Waals surface area contributed by atoms with E-state index < -0.39 is 12.0 Å². The van der Waals surface area contributed by atoms with E-state index in [0.29, 0.717) is 12.3 Å². The molecule has 1 unspecified atom stereocenters. The molecule has 0 saturated carbocycles. The molecule has 0 aromatic heterocycles. The van der Waals surface area contributed by atoms with Gasteiger partial charge in [0.2, 0.25) is 5.91 Å². The molecule has 0 aliphatic carbocycles. The number of carbonyl (C=O) groups is 2. The van der Waals surface area contributed by atoms with Crippen LogP contribution < -0.4 is 0 Å². The summed E-state index contributed by atoms with van der Waals surface area (Å²) in [4.78, 5) is 27.8. The number of piperidine rings is 2. The van der Waals surface area contributed by atoms with Crippen LogP contribution in [0.15, 0.2) is 24.3 Å². The van der Waals surface area contributed by atoms with Gasteiger partial charge in [-0.2, -0.15) is 0 Å². The van der Waals surface area contributed by atoms with E-state index in [4.69, 9.17) is 0 Å². The van der Waals surface area contributed by atoms with Crippen LogP contribution in [-0.4, -0.2) is 59.0 Å². The van der Waals surface area contributed by atoms with Gasteiger partial charge < -0.3 is 10.0 Å². The third kappa shape index (κ3) is 5.55. The van der Waals surface area contributed by atoms with Gasteiger partial charge in [-0.25, -0.2) is 0 Å². The average molecular weight is 373 g/mol. The van der Waals surface area contributed by atoms with Crippen LogP contribution in [0.2, 0.25) is 0 Å². The van der Waals surface area contributed by atoms with Gasteiger partial charge in [0.25, 0.3) is 0 Å². The first-order valence-electron chi connectivity index (χ1n) is 10.3. The second kappa shape index (κ2) is 9.36. The normalized spacial score (nSPS) is 22.0. The Balaban J connectivity index is 1.42. The second-order valence-corrected chi connectivity index (χ2v) is 8.17. The van der Waals surface area contributed by atoms with E-state index in [1.54, 1.807) is 0 Å². The first kappa shape index (κ1) is 19.9. The SMILES string of the molecule is Cc1ccc(CCC2CCN(C(=O)CN3CCCCC3C(=O)O)CC2)cc1. The molecule has 1 N–H and O–H groups in total. The van der Waals surface area contributed by atoms with Crippen molar-refractivity contribution in [1.82, 2.24) is 9.80 Å². The minimum absolute atomic E-state index is 0.0973. The van der Waals surface area contributed by atoms with Crippen molar-refractivity contribution in [1.29, 1.82) is 0 Å². The van der Waals surface area contributed by atoms with Crippen molar-refractivity contribution in [2.24, 2.45) is 5.92 Å². The predicted octanol–water partition coefficient (Wildman–Crippen LogP) is 3.11. The number of nitrogens with zero attached hydrogens (tertiary/aromatic N) is 2. The van der Waals surface area contributed by atoms with Gasteiger partial charge in [-0.15, -0.1) is 0 Å². The molecular formula is C22H32N2O3. The molecule has 5 heteroatoms. The number of rotatable bonds is 6. The van der Waals surface area contributed by atoms with Crippen LogP contribution in [0.3, 0.4) is 0 Å². The van der Waals surface area contributed by atoms with Crippen LogP contribution in [0.25, 0.3) is 0 Å². The molecule has 2 fully saturated rings. The summed E-state index contributed by atoms with van der Waals surface area (Å²) in [6, 6.07) is 8.27. The summed E-state index contributed by atoms with van der Waals surface area (Å²) >= 11 is 0. The van der Waals surface area contributed by atoms with Gasteiger partial charge >= 0.3 is 5.97 Å². The number of amides is 1. The highest BCUT2D eigenvalue weighted by Gasteiger charge is 2.31. The van der Waals surface area contributed by atoms with Gasteiger partial charge in [0.1, 0.15) is 6.04 Å². The molecule has 3 rings (SSSR count). The lowest BCUT2D eigenvalue weighted by molar-refractivity contribution is -0.146. The zero-order valence-corrected chi connectivity index (χ0v) is 16.4. The summed E-state index contributed by atoms with van der Waals surface area (Å²) in [5.41, 5.74) is 2.69. The number of carboxylic acids is 1. The van der Waals surface area contributed by atoms with Gasteiger partial charge in [-0.05, 0) is 63.5 Å². The first-order chi connectivity index (χ1) is 13.0. The quantitative estimate of drug-likeness (QED) is 0.833. The van der Waals surface area contributed by atoms with E-state index in [9.17, 15) is 14.7 Å². The Hall–Kier alpha value is -1.88. The summed E-state index contributed by atoms with van der Waals surface area (Å²) in [6.45, 7) is 4.70. The van der Waals surface area contributed by atoms with Crippen molar-refractivity contribution in [3.05, 3.63) is 35.4 Å². The maximum Gasteiger partial charge on any atom is 0.320 e. The third-order valence-corrected chi connectivity index (χ3v) is 6.17. The molecule has 2 aliphatic rings. The van der Waals surface area contributed by atoms with E-state index >= 15 is 0 Å². The lowest BCUT2D eigenvalue weighted by Crippen LogP contribution is -2.51. The molecule has 2 saturated heterocycles. The third-order valence-electron chi connectivity index (χ3n) is 6.17. The predicted molar refractivity (Wildman–Crippen MR) is 106 cm³/mol. The van der Waals surface area contributed by atoms with E-state index in [-0.39, 0.29) is 12.5 Å². The number of hydrogen-bond acceptors (Lipinski definition) is 3. The molecule has 0 radical (unpaired) electrons. The van der Waals surface area contributed by atoms with Crippen LogP contribution in [0.5, 0.6) is 0 Å². The molecule has 1 atom stereocenters. The minimum atomic E-state index is -0.794.